The molecule has 1 rings (SSSR count). The molecule has 0 saturated heterocycles. The number of halogens is 1. The van der Waals surface area contributed by atoms with Crippen LogP contribution in [0, 0.1) is 0 Å². The molecule has 4 nitrogen and oxygen atoms in total. The Labute approximate surface area is 113 Å². The summed E-state index contributed by atoms with van der Waals surface area (Å²) >= 11 is 6.04. The Balaban J connectivity index is 3.02. The first-order valence-corrected chi connectivity index (χ1v) is 8.05. The third kappa shape index (κ3) is 4.48. The molecule has 0 saturated carbocycles. The van der Waals surface area contributed by atoms with Gasteiger partial charge in [-0.3, -0.25) is 0 Å². The first-order chi connectivity index (χ1) is 8.37. The summed E-state index contributed by atoms with van der Waals surface area (Å²) in [6, 6.07) is 5.04. The maximum atomic E-state index is 11.4. The lowest BCUT2D eigenvalue weighted by molar-refractivity contribution is 0.414. The zero-order chi connectivity index (χ0) is 13.8. The van der Waals surface area contributed by atoms with Gasteiger partial charge < -0.3 is 10.1 Å². The number of hydrogen-bond acceptors (Lipinski definition) is 4. The highest BCUT2D eigenvalue weighted by Gasteiger charge is 2.17. The average molecular weight is 292 g/mol. The van der Waals surface area contributed by atoms with Crippen molar-refractivity contribution in [1.82, 2.24) is 5.32 Å². The fraction of sp³-hybridized carbons (Fsp3) is 0.500. The standard InChI is InChI=1S/C12H18ClNO3S/c1-4-14-11(8-18(3,15)16)9-5-6-12(17-2)10(13)7-9/h5-7,11,14H,4,8H2,1-3H3. The second kappa shape index (κ2) is 6.41. The van der Waals surface area contributed by atoms with Crippen molar-refractivity contribution >= 4 is 21.4 Å². The second-order valence-electron chi connectivity index (χ2n) is 4.10. The highest BCUT2D eigenvalue weighted by Crippen LogP contribution is 2.28. The topological polar surface area (TPSA) is 55.4 Å². The number of hydrogen-bond donors (Lipinski definition) is 1. The smallest absolute Gasteiger partial charge is 0.149 e. The zero-order valence-corrected chi connectivity index (χ0v) is 12.3. The molecule has 0 aromatic heterocycles. The van der Waals surface area contributed by atoms with Crippen LogP contribution in [0.25, 0.3) is 0 Å². The summed E-state index contributed by atoms with van der Waals surface area (Å²) in [5, 5.41) is 3.62. The Hall–Kier alpha value is -0.780. The van der Waals surface area contributed by atoms with Crippen molar-refractivity contribution in [1.29, 1.82) is 0 Å². The summed E-state index contributed by atoms with van der Waals surface area (Å²) in [5.74, 6) is 0.624. The summed E-state index contributed by atoms with van der Waals surface area (Å²) in [6.45, 7) is 2.62. The molecular formula is C12H18ClNO3S. The van der Waals surface area contributed by atoms with Crippen LogP contribution in [0.3, 0.4) is 0 Å². The van der Waals surface area contributed by atoms with E-state index in [4.69, 9.17) is 16.3 Å². The summed E-state index contributed by atoms with van der Waals surface area (Å²) in [6.07, 6.45) is 1.22. The van der Waals surface area contributed by atoms with E-state index in [1.54, 1.807) is 19.2 Å². The van der Waals surface area contributed by atoms with Gasteiger partial charge in [-0.2, -0.15) is 0 Å². The molecule has 0 spiro atoms. The lowest BCUT2D eigenvalue weighted by atomic mass is 10.1. The number of nitrogens with one attached hydrogen (secondary N) is 1. The van der Waals surface area contributed by atoms with E-state index in [9.17, 15) is 8.42 Å². The molecule has 0 radical (unpaired) electrons. The van der Waals surface area contributed by atoms with Crippen LogP contribution in [0.15, 0.2) is 18.2 Å². The van der Waals surface area contributed by atoms with Crippen LogP contribution in [0.2, 0.25) is 5.02 Å². The fourth-order valence-corrected chi connectivity index (χ4v) is 2.90. The number of ether oxygens (including phenoxy) is 1. The van der Waals surface area contributed by atoms with E-state index in [0.717, 1.165) is 5.56 Å². The Bertz CT molecular complexity index is 502. The molecule has 1 aromatic rings. The monoisotopic (exact) mass is 291 g/mol. The number of rotatable bonds is 6. The van der Waals surface area contributed by atoms with Crippen molar-refractivity contribution in [3.8, 4) is 5.75 Å². The van der Waals surface area contributed by atoms with E-state index in [1.165, 1.54) is 6.26 Å². The Morgan fingerprint density at radius 2 is 2.11 bits per heavy atom. The van der Waals surface area contributed by atoms with Crippen molar-refractivity contribution < 1.29 is 13.2 Å². The molecule has 1 atom stereocenters. The quantitative estimate of drug-likeness (QED) is 0.871. The largest absolute Gasteiger partial charge is 0.495 e. The van der Waals surface area contributed by atoms with Gasteiger partial charge in [0.1, 0.15) is 15.6 Å². The SMILES string of the molecule is CCNC(CS(C)(=O)=O)c1ccc(OC)c(Cl)c1. The molecule has 0 amide bonds. The van der Waals surface area contributed by atoms with Gasteiger partial charge in [-0.15, -0.1) is 0 Å². The van der Waals surface area contributed by atoms with Crippen LogP contribution >= 0.6 is 11.6 Å². The first kappa shape index (κ1) is 15.3. The number of benzene rings is 1. The Morgan fingerprint density at radius 1 is 1.44 bits per heavy atom. The molecule has 102 valence electrons. The van der Waals surface area contributed by atoms with Crippen LogP contribution in [0.5, 0.6) is 5.75 Å². The van der Waals surface area contributed by atoms with Gasteiger partial charge in [-0.05, 0) is 24.2 Å². The number of sulfone groups is 1. The van der Waals surface area contributed by atoms with Gasteiger partial charge in [0.25, 0.3) is 0 Å². The zero-order valence-electron chi connectivity index (χ0n) is 10.7. The van der Waals surface area contributed by atoms with E-state index in [2.05, 4.69) is 5.32 Å². The average Bonchev–Trinajstić information content (AvgIpc) is 2.26. The maximum absolute atomic E-state index is 11.4. The van der Waals surface area contributed by atoms with Crippen LogP contribution in [-0.4, -0.2) is 34.1 Å². The molecule has 0 aliphatic heterocycles. The Kier molecular flexibility index (Phi) is 5.44. The maximum Gasteiger partial charge on any atom is 0.149 e. The van der Waals surface area contributed by atoms with Gasteiger partial charge in [-0.25, -0.2) is 8.42 Å². The third-order valence-electron chi connectivity index (χ3n) is 2.50. The molecule has 1 N–H and O–H groups in total. The van der Waals surface area contributed by atoms with Crippen molar-refractivity contribution in [3.05, 3.63) is 28.8 Å². The van der Waals surface area contributed by atoms with Crippen LogP contribution in [0.4, 0.5) is 0 Å². The van der Waals surface area contributed by atoms with Crippen molar-refractivity contribution in [2.75, 3.05) is 25.7 Å². The molecule has 0 aliphatic rings. The van der Waals surface area contributed by atoms with E-state index < -0.39 is 9.84 Å². The minimum atomic E-state index is -3.06. The van der Waals surface area contributed by atoms with E-state index >= 15 is 0 Å². The fourth-order valence-electron chi connectivity index (χ4n) is 1.72. The van der Waals surface area contributed by atoms with Crippen molar-refractivity contribution in [2.24, 2.45) is 0 Å². The highest BCUT2D eigenvalue weighted by atomic mass is 35.5. The van der Waals surface area contributed by atoms with Crippen molar-refractivity contribution in [3.63, 3.8) is 0 Å². The van der Waals surface area contributed by atoms with Gasteiger partial charge in [0, 0.05) is 12.3 Å². The van der Waals surface area contributed by atoms with Gasteiger partial charge in [0.15, 0.2) is 0 Å². The third-order valence-corrected chi connectivity index (χ3v) is 3.73. The minimum Gasteiger partial charge on any atom is -0.495 e. The minimum absolute atomic E-state index is 0.0451. The summed E-state index contributed by atoms with van der Waals surface area (Å²) in [4.78, 5) is 0. The van der Waals surface area contributed by atoms with Gasteiger partial charge in [-0.1, -0.05) is 24.6 Å². The first-order valence-electron chi connectivity index (χ1n) is 5.62. The predicted octanol–water partition coefficient (Wildman–Crippen LogP) is 2.04. The molecule has 1 unspecified atom stereocenters. The van der Waals surface area contributed by atoms with Crippen LogP contribution < -0.4 is 10.1 Å². The second-order valence-corrected chi connectivity index (χ2v) is 6.69. The van der Waals surface area contributed by atoms with E-state index in [1.807, 2.05) is 13.0 Å². The lowest BCUT2D eigenvalue weighted by Gasteiger charge is -2.18. The molecule has 0 fully saturated rings. The molecule has 18 heavy (non-hydrogen) atoms. The Morgan fingerprint density at radius 3 is 2.56 bits per heavy atom. The summed E-state index contributed by atoms with van der Waals surface area (Å²) in [7, 11) is -1.52. The molecular weight excluding hydrogens is 274 g/mol. The normalized spacial score (nSPS) is 13.3. The van der Waals surface area contributed by atoms with Gasteiger partial charge in [0.2, 0.25) is 0 Å². The van der Waals surface area contributed by atoms with Crippen LogP contribution in [0.1, 0.15) is 18.5 Å². The highest BCUT2D eigenvalue weighted by molar-refractivity contribution is 7.90. The molecule has 0 heterocycles. The van der Waals surface area contributed by atoms with E-state index in [-0.39, 0.29) is 11.8 Å². The summed E-state index contributed by atoms with van der Waals surface area (Å²) in [5.41, 5.74) is 0.841. The van der Waals surface area contributed by atoms with Crippen LogP contribution in [-0.2, 0) is 9.84 Å². The predicted molar refractivity (Wildman–Crippen MR) is 74.1 cm³/mol. The van der Waals surface area contributed by atoms with Gasteiger partial charge in [0.05, 0.1) is 17.9 Å². The molecule has 6 heteroatoms. The lowest BCUT2D eigenvalue weighted by Crippen LogP contribution is -2.27. The number of methoxy groups -OCH3 is 1. The van der Waals surface area contributed by atoms with Crippen molar-refractivity contribution in [2.45, 2.75) is 13.0 Å². The molecule has 1 aromatic carbocycles. The van der Waals surface area contributed by atoms with Gasteiger partial charge >= 0.3 is 0 Å². The molecule has 0 bridgehead atoms. The van der Waals surface area contributed by atoms with E-state index in [0.29, 0.717) is 17.3 Å². The molecule has 0 aliphatic carbocycles. The summed E-state index contributed by atoms with van der Waals surface area (Å²) < 4.78 is 27.9.